The highest BCUT2D eigenvalue weighted by atomic mass is 32.2. The summed E-state index contributed by atoms with van der Waals surface area (Å²) in [5.74, 6) is 0.701. The predicted octanol–water partition coefficient (Wildman–Crippen LogP) is 2.51. The third-order valence-electron chi connectivity index (χ3n) is 2.06. The second kappa shape index (κ2) is 6.86. The van der Waals surface area contributed by atoms with Gasteiger partial charge in [0.05, 0.1) is 0 Å². The Labute approximate surface area is 102 Å². The molecule has 16 heavy (non-hydrogen) atoms. The van der Waals surface area contributed by atoms with Gasteiger partial charge in [-0.15, -0.1) is 0 Å². The highest BCUT2D eigenvalue weighted by Crippen LogP contribution is 2.18. The van der Waals surface area contributed by atoms with Crippen molar-refractivity contribution < 1.29 is 0 Å². The molecule has 1 rings (SSSR count). The molecule has 0 fully saturated rings. The van der Waals surface area contributed by atoms with Crippen LogP contribution in [0.4, 0.5) is 0 Å². The molecule has 0 aliphatic rings. The van der Waals surface area contributed by atoms with Crippen LogP contribution in [-0.2, 0) is 0 Å². The second-order valence-corrected chi connectivity index (χ2v) is 5.87. The topological polar surface area (TPSA) is 37.8 Å². The summed E-state index contributed by atoms with van der Waals surface area (Å²) in [7, 11) is 0. The zero-order chi connectivity index (χ0) is 12.0. The predicted molar refractivity (Wildman–Crippen MR) is 69.8 cm³/mol. The van der Waals surface area contributed by atoms with Crippen molar-refractivity contribution in [2.75, 3.05) is 13.1 Å². The molecule has 0 saturated carbocycles. The van der Waals surface area contributed by atoms with E-state index >= 15 is 0 Å². The molecule has 0 aliphatic carbocycles. The molecular weight excluding hydrogens is 218 g/mol. The first-order valence-corrected chi connectivity index (χ1v) is 6.63. The minimum absolute atomic E-state index is 0.501. The molecule has 1 heterocycles. The van der Waals surface area contributed by atoms with Crippen LogP contribution in [0.3, 0.4) is 0 Å². The fourth-order valence-corrected chi connectivity index (χ4v) is 2.16. The zero-order valence-electron chi connectivity index (χ0n) is 10.5. The Morgan fingerprint density at radius 3 is 2.69 bits per heavy atom. The molecule has 0 radical (unpaired) electrons. The average molecular weight is 239 g/mol. The van der Waals surface area contributed by atoms with Gasteiger partial charge < -0.3 is 5.32 Å². The van der Waals surface area contributed by atoms with Crippen LogP contribution in [-0.4, -0.2) is 28.3 Å². The van der Waals surface area contributed by atoms with Crippen LogP contribution in [0.1, 0.15) is 26.5 Å². The molecule has 90 valence electrons. The van der Waals surface area contributed by atoms with Gasteiger partial charge in [0.15, 0.2) is 5.16 Å². The maximum absolute atomic E-state index is 4.38. The lowest BCUT2D eigenvalue weighted by Gasteiger charge is -2.12. The second-order valence-electron chi connectivity index (χ2n) is 4.46. The van der Waals surface area contributed by atoms with E-state index in [-0.39, 0.29) is 0 Å². The van der Waals surface area contributed by atoms with Gasteiger partial charge in [0, 0.05) is 23.7 Å². The highest BCUT2D eigenvalue weighted by molar-refractivity contribution is 7.99. The Morgan fingerprint density at radius 1 is 1.31 bits per heavy atom. The number of nitrogens with zero attached hydrogens (tertiary/aromatic N) is 2. The summed E-state index contributed by atoms with van der Waals surface area (Å²) >= 11 is 1.72. The largest absolute Gasteiger partial charge is 0.315 e. The standard InChI is InChI=1S/C12H21N3S/c1-9(2)7-13-8-11(4)16-12-14-6-5-10(3)15-12/h5-6,9,11,13H,7-8H2,1-4H3. The summed E-state index contributed by atoms with van der Waals surface area (Å²) in [5, 5.41) is 4.82. The molecular formula is C12H21N3S. The van der Waals surface area contributed by atoms with E-state index in [2.05, 4.69) is 36.1 Å². The van der Waals surface area contributed by atoms with Crippen LogP contribution < -0.4 is 5.32 Å². The molecule has 0 aliphatic heterocycles. The maximum Gasteiger partial charge on any atom is 0.188 e. The van der Waals surface area contributed by atoms with Crippen LogP contribution in [0.2, 0.25) is 0 Å². The van der Waals surface area contributed by atoms with E-state index in [1.165, 1.54) is 0 Å². The van der Waals surface area contributed by atoms with Crippen LogP contribution >= 0.6 is 11.8 Å². The third-order valence-corrected chi connectivity index (χ3v) is 3.04. The van der Waals surface area contributed by atoms with E-state index in [0.717, 1.165) is 23.9 Å². The van der Waals surface area contributed by atoms with Crippen LogP contribution in [0.25, 0.3) is 0 Å². The maximum atomic E-state index is 4.38. The third kappa shape index (κ3) is 5.47. The van der Waals surface area contributed by atoms with Crippen molar-refractivity contribution in [3.05, 3.63) is 18.0 Å². The van der Waals surface area contributed by atoms with Gasteiger partial charge in [0.1, 0.15) is 0 Å². The molecule has 0 spiro atoms. The Hall–Kier alpha value is -0.610. The van der Waals surface area contributed by atoms with Crippen molar-refractivity contribution in [1.82, 2.24) is 15.3 Å². The van der Waals surface area contributed by atoms with E-state index in [1.54, 1.807) is 11.8 Å². The summed E-state index contributed by atoms with van der Waals surface area (Å²) in [4.78, 5) is 8.63. The summed E-state index contributed by atoms with van der Waals surface area (Å²) in [6.45, 7) is 10.7. The highest BCUT2D eigenvalue weighted by Gasteiger charge is 2.06. The van der Waals surface area contributed by atoms with Crippen molar-refractivity contribution in [3.8, 4) is 0 Å². The summed E-state index contributed by atoms with van der Waals surface area (Å²) in [5.41, 5.74) is 1.03. The van der Waals surface area contributed by atoms with Gasteiger partial charge in [-0.1, -0.05) is 32.5 Å². The van der Waals surface area contributed by atoms with Crippen LogP contribution in [0.5, 0.6) is 0 Å². The summed E-state index contributed by atoms with van der Waals surface area (Å²) in [6.07, 6.45) is 1.82. The lowest BCUT2D eigenvalue weighted by molar-refractivity contribution is 0.553. The molecule has 1 aromatic rings. The molecule has 0 aromatic carbocycles. The number of thioether (sulfide) groups is 1. The first-order chi connectivity index (χ1) is 7.58. The molecule has 1 aromatic heterocycles. The zero-order valence-corrected chi connectivity index (χ0v) is 11.3. The minimum Gasteiger partial charge on any atom is -0.315 e. The molecule has 1 unspecified atom stereocenters. The van der Waals surface area contributed by atoms with Crippen molar-refractivity contribution in [2.45, 2.75) is 38.1 Å². The van der Waals surface area contributed by atoms with Gasteiger partial charge in [0.2, 0.25) is 0 Å². The van der Waals surface area contributed by atoms with E-state index < -0.39 is 0 Å². The minimum atomic E-state index is 0.501. The molecule has 1 N–H and O–H groups in total. The van der Waals surface area contributed by atoms with Gasteiger partial charge >= 0.3 is 0 Å². The van der Waals surface area contributed by atoms with Crippen molar-refractivity contribution in [2.24, 2.45) is 5.92 Å². The average Bonchev–Trinajstić information content (AvgIpc) is 2.16. The van der Waals surface area contributed by atoms with Crippen molar-refractivity contribution >= 4 is 11.8 Å². The van der Waals surface area contributed by atoms with Crippen LogP contribution in [0, 0.1) is 12.8 Å². The lowest BCUT2D eigenvalue weighted by atomic mass is 10.2. The van der Waals surface area contributed by atoms with E-state index in [0.29, 0.717) is 11.2 Å². The molecule has 1 atom stereocenters. The number of rotatable bonds is 6. The quantitative estimate of drug-likeness (QED) is 0.611. The molecule has 0 bridgehead atoms. The Morgan fingerprint density at radius 2 is 2.06 bits per heavy atom. The van der Waals surface area contributed by atoms with Crippen molar-refractivity contribution in [1.29, 1.82) is 0 Å². The molecule has 0 saturated heterocycles. The van der Waals surface area contributed by atoms with Gasteiger partial charge in [-0.05, 0) is 25.5 Å². The van der Waals surface area contributed by atoms with Gasteiger partial charge in [-0.3, -0.25) is 0 Å². The van der Waals surface area contributed by atoms with Gasteiger partial charge in [-0.2, -0.15) is 0 Å². The normalized spacial score (nSPS) is 13.1. The number of aryl methyl sites for hydroxylation is 1. The molecule has 3 nitrogen and oxygen atoms in total. The first kappa shape index (κ1) is 13.5. The summed E-state index contributed by atoms with van der Waals surface area (Å²) in [6, 6.07) is 1.92. The Kier molecular flexibility index (Phi) is 5.77. The van der Waals surface area contributed by atoms with Crippen molar-refractivity contribution in [3.63, 3.8) is 0 Å². The first-order valence-electron chi connectivity index (χ1n) is 5.75. The Balaban J connectivity index is 2.31. The molecule has 0 amide bonds. The number of hydrogen-bond donors (Lipinski definition) is 1. The Bertz CT molecular complexity index is 315. The van der Waals surface area contributed by atoms with Gasteiger partial charge in [-0.25, -0.2) is 9.97 Å². The van der Waals surface area contributed by atoms with E-state index in [1.807, 2.05) is 19.2 Å². The summed E-state index contributed by atoms with van der Waals surface area (Å²) < 4.78 is 0. The van der Waals surface area contributed by atoms with E-state index in [4.69, 9.17) is 0 Å². The van der Waals surface area contributed by atoms with Crippen LogP contribution in [0.15, 0.2) is 17.4 Å². The lowest BCUT2D eigenvalue weighted by Crippen LogP contribution is -2.26. The number of hydrogen-bond acceptors (Lipinski definition) is 4. The van der Waals surface area contributed by atoms with Gasteiger partial charge in [0.25, 0.3) is 0 Å². The molecule has 4 heteroatoms. The number of aromatic nitrogens is 2. The monoisotopic (exact) mass is 239 g/mol. The fraction of sp³-hybridized carbons (Fsp3) is 0.667. The smallest absolute Gasteiger partial charge is 0.188 e. The fourth-order valence-electron chi connectivity index (χ4n) is 1.28. The SMILES string of the molecule is Cc1ccnc(SC(C)CNCC(C)C)n1. The number of nitrogens with one attached hydrogen (secondary N) is 1. The van der Waals surface area contributed by atoms with E-state index in [9.17, 15) is 0 Å².